The molecule has 0 spiro atoms. The average molecular weight is 505 g/mol. The Balaban J connectivity index is 3.31. The van der Waals surface area contributed by atoms with Gasteiger partial charge in [0.2, 0.25) is 11.8 Å². The first-order chi connectivity index (χ1) is 16.8. The van der Waals surface area contributed by atoms with Crippen molar-refractivity contribution in [2.75, 3.05) is 65.9 Å². The van der Waals surface area contributed by atoms with Crippen molar-refractivity contribution in [3.05, 3.63) is 0 Å². The summed E-state index contributed by atoms with van der Waals surface area (Å²) in [7, 11) is 0. The minimum Gasteiger partial charge on any atom is -0.481 e. The number of hydrogen-bond acceptors (Lipinski definition) is 8. The van der Waals surface area contributed by atoms with Gasteiger partial charge < -0.3 is 34.7 Å². The summed E-state index contributed by atoms with van der Waals surface area (Å²) in [5.41, 5.74) is 0. The zero-order valence-corrected chi connectivity index (χ0v) is 21.3. The van der Waals surface area contributed by atoms with Crippen LogP contribution in [0.15, 0.2) is 0 Å². The number of ether oxygens (including phenoxy) is 4. The maximum absolute atomic E-state index is 11.8. The smallest absolute Gasteiger partial charge is 0.306 e. The molecule has 0 radical (unpaired) electrons. The van der Waals surface area contributed by atoms with Crippen LogP contribution in [0.5, 0.6) is 0 Å². The van der Waals surface area contributed by atoms with E-state index in [1.165, 1.54) is 6.92 Å². The van der Waals surface area contributed by atoms with E-state index in [1.807, 2.05) is 0 Å². The molecule has 0 aromatic carbocycles. The van der Waals surface area contributed by atoms with Gasteiger partial charge in [-0.25, -0.2) is 0 Å². The lowest BCUT2D eigenvalue weighted by atomic mass is 10.1. The van der Waals surface area contributed by atoms with Gasteiger partial charge in [0.25, 0.3) is 0 Å². The fourth-order valence-electron chi connectivity index (χ4n) is 2.70. The number of nitrogens with one attached hydrogen (secondary N) is 2. The molecule has 1 atom stereocenters. The number of hydrogen-bond donors (Lipinski definition) is 3. The second-order valence-electron chi connectivity index (χ2n) is 8.19. The van der Waals surface area contributed by atoms with Gasteiger partial charge in [-0.1, -0.05) is 13.3 Å². The molecular formula is C24H44N2O9. The molecule has 0 aliphatic rings. The Morgan fingerprint density at radius 2 is 1.17 bits per heavy atom. The summed E-state index contributed by atoms with van der Waals surface area (Å²) >= 11 is 0. The number of carboxylic acids is 1. The van der Waals surface area contributed by atoms with Crippen LogP contribution in [0.3, 0.4) is 0 Å². The van der Waals surface area contributed by atoms with Crippen LogP contribution in [0.4, 0.5) is 0 Å². The number of carboxylic acid groups (broad SMARTS) is 1. The monoisotopic (exact) mass is 504 g/mol. The van der Waals surface area contributed by atoms with Crippen molar-refractivity contribution in [2.45, 2.75) is 58.8 Å². The number of unbranched alkanes of at least 4 members (excludes halogenated alkanes) is 2. The Bertz CT molecular complexity index is 587. The normalized spacial score (nSPS) is 11.7. The van der Waals surface area contributed by atoms with Gasteiger partial charge in [0.05, 0.1) is 58.8 Å². The third-order valence-electron chi connectivity index (χ3n) is 4.91. The summed E-state index contributed by atoms with van der Waals surface area (Å²) < 4.78 is 21.4. The molecule has 0 aromatic rings. The molecule has 0 heterocycles. The topological polar surface area (TPSA) is 149 Å². The predicted molar refractivity (Wildman–Crippen MR) is 129 cm³/mol. The van der Waals surface area contributed by atoms with E-state index in [0.717, 1.165) is 19.3 Å². The molecule has 0 aromatic heterocycles. The first kappa shape index (κ1) is 32.9. The van der Waals surface area contributed by atoms with Crippen LogP contribution >= 0.6 is 0 Å². The molecule has 11 heteroatoms. The van der Waals surface area contributed by atoms with Gasteiger partial charge in [-0.2, -0.15) is 0 Å². The molecule has 2 amide bonds. The van der Waals surface area contributed by atoms with Crippen molar-refractivity contribution in [1.29, 1.82) is 0 Å². The van der Waals surface area contributed by atoms with E-state index in [9.17, 15) is 19.2 Å². The Morgan fingerprint density at radius 3 is 1.74 bits per heavy atom. The maximum atomic E-state index is 11.8. The van der Waals surface area contributed by atoms with Crippen molar-refractivity contribution in [2.24, 2.45) is 5.92 Å². The minimum absolute atomic E-state index is 0.0287. The molecule has 204 valence electrons. The first-order valence-electron chi connectivity index (χ1n) is 12.4. The van der Waals surface area contributed by atoms with E-state index in [-0.39, 0.29) is 24.0 Å². The Morgan fingerprint density at radius 1 is 0.657 bits per heavy atom. The van der Waals surface area contributed by atoms with Crippen molar-refractivity contribution >= 4 is 23.6 Å². The molecule has 11 nitrogen and oxygen atoms in total. The highest BCUT2D eigenvalue weighted by molar-refractivity contribution is 5.77. The van der Waals surface area contributed by atoms with Gasteiger partial charge in [-0.3, -0.25) is 19.2 Å². The second-order valence-corrected chi connectivity index (χ2v) is 8.19. The lowest BCUT2D eigenvalue weighted by molar-refractivity contribution is -0.141. The number of rotatable bonds is 25. The summed E-state index contributed by atoms with van der Waals surface area (Å²) in [6.45, 7) is 7.64. The molecule has 0 fully saturated rings. The van der Waals surface area contributed by atoms with Crippen molar-refractivity contribution in [3.63, 3.8) is 0 Å². The van der Waals surface area contributed by atoms with E-state index in [2.05, 4.69) is 10.6 Å². The van der Waals surface area contributed by atoms with Gasteiger partial charge in [0.15, 0.2) is 0 Å². The second kappa shape index (κ2) is 23.7. The quantitative estimate of drug-likeness (QED) is 0.156. The van der Waals surface area contributed by atoms with Gasteiger partial charge >= 0.3 is 5.97 Å². The van der Waals surface area contributed by atoms with Crippen molar-refractivity contribution in [3.8, 4) is 0 Å². The highest BCUT2D eigenvalue weighted by Crippen LogP contribution is 2.05. The van der Waals surface area contributed by atoms with E-state index in [1.54, 1.807) is 6.92 Å². The van der Waals surface area contributed by atoms with Crippen LogP contribution in [0, 0.1) is 5.92 Å². The van der Waals surface area contributed by atoms with E-state index in [0.29, 0.717) is 85.2 Å². The van der Waals surface area contributed by atoms with Crippen molar-refractivity contribution < 1.29 is 43.2 Å². The highest BCUT2D eigenvalue weighted by atomic mass is 16.6. The SMILES string of the molecule is CC(=O)CCOCCOCCOCCOCCNC(=O)CCCCCNC(=O)CC[C@H](C)C(=O)O. The van der Waals surface area contributed by atoms with Crippen LogP contribution < -0.4 is 10.6 Å². The number of aliphatic carboxylic acids is 1. The lowest BCUT2D eigenvalue weighted by Crippen LogP contribution is -2.27. The number of carbonyl (C=O) groups excluding carboxylic acids is 3. The molecule has 0 aliphatic carbocycles. The van der Waals surface area contributed by atoms with E-state index < -0.39 is 11.9 Å². The zero-order chi connectivity index (χ0) is 26.2. The standard InChI is InChI=1S/C24H44N2O9/c1-20(24(30)31)7-8-23(29)25-10-5-3-4-6-22(28)26-11-13-33-15-17-35-19-18-34-16-14-32-12-9-21(2)27/h20H,3-19H2,1-2H3,(H,25,29)(H,26,28)(H,30,31)/t20-/m0/s1. The maximum Gasteiger partial charge on any atom is 0.306 e. The van der Waals surface area contributed by atoms with Crippen LogP contribution in [0.2, 0.25) is 0 Å². The fraction of sp³-hybridized carbons (Fsp3) is 0.833. The van der Waals surface area contributed by atoms with E-state index >= 15 is 0 Å². The lowest BCUT2D eigenvalue weighted by Gasteiger charge is -2.08. The third kappa shape index (κ3) is 24.8. The number of amides is 2. The zero-order valence-electron chi connectivity index (χ0n) is 21.3. The summed E-state index contributed by atoms with van der Waals surface area (Å²) in [5, 5.41) is 14.4. The predicted octanol–water partition coefficient (Wildman–Crippen LogP) is 1.33. The van der Waals surface area contributed by atoms with Crippen LogP contribution in [-0.4, -0.2) is 94.6 Å². The number of Topliss-reactive ketones (excluding diaryl/α,β-unsaturated/α-hetero) is 1. The Hall–Kier alpha value is -2.08. The van der Waals surface area contributed by atoms with E-state index in [4.69, 9.17) is 24.1 Å². The largest absolute Gasteiger partial charge is 0.481 e. The Kier molecular flexibility index (Phi) is 22.2. The van der Waals surface area contributed by atoms with Crippen LogP contribution in [0.1, 0.15) is 58.8 Å². The Labute approximate surface area is 208 Å². The summed E-state index contributed by atoms with van der Waals surface area (Å²) in [5.74, 6) is -1.47. The summed E-state index contributed by atoms with van der Waals surface area (Å²) in [6.07, 6.45) is 3.72. The molecule has 0 saturated heterocycles. The van der Waals surface area contributed by atoms with Crippen molar-refractivity contribution in [1.82, 2.24) is 10.6 Å². The highest BCUT2D eigenvalue weighted by Gasteiger charge is 2.12. The van der Waals surface area contributed by atoms with Gasteiger partial charge in [0.1, 0.15) is 5.78 Å². The van der Waals surface area contributed by atoms with Crippen LogP contribution in [-0.2, 0) is 38.1 Å². The van der Waals surface area contributed by atoms with Gasteiger partial charge in [0, 0.05) is 32.4 Å². The fourth-order valence-corrected chi connectivity index (χ4v) is 2.70. The average Bonchev–Trinajstić information content (AvgIpc) is 2.81. The molecule has 3 N–H and O–H groups in total. The minimum atomic E-state index is -0.893. The molecule has 0 saturated carbocycles. The molecule has 0 bridgehead atoms. The first-order valence-corrected chi connectivity index (χ1v) is 12.4. The van der Waals surface area contributed by atoms with Gasteiger partial charge in [-0.15, -0.1) is 0 Å². The molecule has 0 unspecified atom stereocenters. The van der Waals surface area contributed by atoms with Gasteiger partial charge in [-0.05, 0) is 26.2 Å². The summed E-state index contributed by atoms with van der Waals surface area (Å²) in [4.78, 5) is 44.9. The third-order valence-corrected chi connectivity index (χ3v) is 4.91. The molecule has 35 heavy (non-hydrogen) atoms. The number of ketones is 1. The number of carbonyl (C=O) groups is 4. The summed E-state index contributed by atoms with van der Waals surface area (Å²) in [6, 6.07) is 0. The molecular weight excluding hydrogens is 460 g/mol. The molecule has 0 aliphatic heterocycles. The molecule has 0 rings (SSSR count). The van der Waals surface area contributed by atoms with Crippen LogP contribution in [0.25, 0.3) is 0 Å².